The number of pyridine rings is 1. The Morgan fingerprint density at radius 3 is 2.73 bits per heavy atom. The number of para-hydroxylation sites is 1. The van der Waals surface area contributed by atoms with E-state index in [0.29, 0.717) is 33.3 Å². The fraction of sp³-hybridized carbons (Fsp3) is 0.231. The van der Waals surface area contributed by atoms with Gasteiger partial charge in [0.2, 0.25) is 0 Å². The summed E-state index contributed by atoms with van der Waals surface area (Å²) in [5.41, 5.74) is 8.64. The SMILES string of the molecule is N[C@@H]1CCC[C@@H](Nc2ccnc3[nH]cc(C(=O)c4ccc(Oc5ccccc5)cc4Cl)c23)C1. The number of rotatable bonds is 6. The van der Waals surface area contributed by atoms with Crippen LogP contribution in [0.4, 0.5) is 5.69 Å². The molecule has 1 saturated carbocycles. The Bertz CT molecular complexity index is 1290. The van der Waals surface area contributed by atoms with Gasteiger partial charge in [0.25, 0.3) is 0 Å². The number of fused-ring (bicyclic) bond motifs is 1. The fourth-order valence-corrected chi connectivity index (χ4v) is 4.70. The number of nitrogens with zero attached hydrogens (tertiary/aromatic N) is 1. The average Bonchev–Trinajstić information content (AvgIpc) is 3.25. The summed E-state index contributed by atoms with van der Waals surface area (Å²) in [6, 6.07) is 16.9. The van der Waals surface area contributed by atoms with Crippen molar-refractivity contribution >= 4 is 34.1 Å². The van der Waals surface area contributed by atoms with Crippen LogP contribution in [-0.2, 0) is 0 Å². The van der Waals surface area contributed by atoms with Gasteiger partial charge in [0, 0.05) is 41.8 Å². The van der Waals surface area contributed by atoms with E-state index < -0.39 is 0 Å². The molecule has 1 aliphatic carbocycles. The normalized spacial score (nSPS) is 18.2. The molecule has 0 unspecified atom stereocenters. The molecule has 1 fully saturated rings. The number of benzene rings is 2. The first kappa shape index (κ1) is 21.5. The Kier molecular flexibility index (Phi) is 6.03. The summed E-state index contributed by atoms with van der Waals surface area (Å²) in [6.45, 7) is 0. The minimum atomic E-state index is -0.172. The third-order valence-corrected chi connectivity index (χ3v) is 6.37. The van der Waals surface area contributed by atoms with E-state index >= 15 is 0 Å². The van der Waals surface area contributed by atoms with Crippen molar-refractivity contribution in [1.82, 2.24) is 9.97 Å². The lowest BCUT2D eigenvalue weighted by Gasteiger charge is -2.28. The minimum absolute atomic E-state index is 0.172. The molecule has 4 N–H and O–H groups in total. The fourth-order valence-electron chi connectivity index (χ4n) is 4.45. The number of H-pyrrole nitrogens is 1. The standard InChI is InChI=1S/C26H25ClN4O2/c27-22-14-19(33-18-7-2-1-3-8-18)9-10-20(22)25(32)21-15-30-26-24(21)23(11-12-29-26)31-17-6-4-5-16(28)13-17/h1-3,7-12,14-17H,4-6,13,28H2,(H2,29,30,31)/t16-,17-/m1/s1. The van der Waals surface area contributed by atoms with Crippen molar-refractivity contribution in [3.05, 3.63) is 83.1 Å². The second-order valence-electron chi connectivity index (χ2n) is 8.44. The molecule has 2 aromatic carbocycles. The molecular weight excluding hydrogens is 436 g/mol. The van der Waals surface area contributed by atoms with Crippen molar-refractivity contribution in [2.75, 3.05) is 5.32 Å². The number of carbonyl (C=O) groups excluding carboxylic acids is 1. The Labute approximate surface area is 197 Å². The lowest BCUT2D eigenvalue weighted by Crippen LogP contribution is -2.34. The van der Waals surface area contributed by atoms with Crippen molar-refractivity contribution in [3.8, 4) is 11.5 Å². The summed E-state index contributed by atoms with van der Waals surface area (Å²) < 4.78 is 5.84. The quantitative estimate of drug-likeness (QED) is 0.310. The van der Waals surface area contributed by atoms with Gasteiger partial charge in [-0.1, -0.05) is 29.8 Å². The maximum Gasteiger partial charge on any atom is 0.196 e. The number of ketones is 1. The number of ether oxygens (including phenoxy) is 1. The second-order valence-corrected chi connectivity index (χ2v) is 8.85. The molecule has 2 atom stereocenters. The smallest absolute Gasteiger partial charge is 0.196 e. The molecule has 1 aliphatic rings. The third-order valence-electron chi connectivity index (χ3n) is 6.06. The second kappa shape index (κ2) is 9.25. The van der Waals surface area contributed by atoms with Crippen LogP contribution < -0.4 is 15.8 Å². The maximum atomic E-state index is 13.5. The van der Waals surface area contributed by atoms with E-state index in [9.17, 15) is 4.79 Å². The first-order chi connectivity index (χ1) is 16.1. The highest BCUT2D eigenvalue weighted by atomic mass is 35.5. The topological polar surface area (TPSA) is 93.0 Å². The zero-order valence-electron chi connectivity index (χ0n) is 18.1. The molecule has 0 bridgehead atoms. The molecule has 0 spiro atoms. The number of nitrogens with one attached hydrogen (secondary N) is 2. The highest BCUT2D eigenvalue weighted by Gasteiger charge is 2.23. The number of anilines is 1. The highest BCUT2D eigenvalue weighted by molar-refractivity contribution is 6.35. The molecule has 6 nitrogen and oxygen atoms in total. The molecule has 0 amide bonds. The predicted octanol–water partition coefficient (Wildman–Crippen LogP) is 5.92. The zero-order valence-corrected chi connectivity index (χ0v) is 18.8. The minimum Gasteiger partial charge on any atom is -0.457 e. The molecule has 33 heavy (non-hydrogen) atoms. The number of halogens is 1. The highest BCUT2D eigenvalue weighted by Crippen LogP contribution is 2.33. The summed E-state index contributed by atoms with van der Waals surface area (Å²) in [5.74, 6) is 1.10. The first-order valence-electron chi connectivity index (χ1n) is 11.1. The van der Waals surface area contributed by atoms with Crippen molar-refractivity contribution < 1.29 is 9.53 Å². The largest absolute Gasteiger partial charge is 0.457 e. The van der Waals surface area contributed by atoms with Gasteiger partial charge in [-0.05, 0) is 56.0 Å². The van der Waals surface area contributed by atoms with Gasteiger partial charge in [0.1, 0.15) is 17.1 Å². The molecule has 7 heteroatoms. The average molecular weight is 461 g/mol. The summed E-state index contributed by atoms with van der Waals surface area (Å²) in [7, 11) is 0. The lowest BCUT2D eigenvalue weighted by molar-refractivity contribution is 0.104. The van der Waals surface area contributed by atoms with Crippen LogP contribution in [-0.4, -0.2) is 27.8 Å². The van der Waals surface area contributed by atoms with Crippen LogP contribution in [0.25, 0.3) is 11.0 Å². The zero-order chi connectivity index (χ0) is 22.8. The Morgan fingerprint density at radius 2 is 1.94 bits per heavy atom. The van der Waals surface area contributed by atoms with E-state index in [1.807, 2.05) is 36.4 Å². The van der Waals surface area contributed by atoms with Gasteiger partial charge >= 0.3 is 0 Å². The van der Waals surface area contributed by atoms with Gasteiger partial charge in [-0.25, -0.2) is 4.98 Å². The van der Waals surface area contributed by atoms with E-state index in [4.69, 9.17) is 22.1 Å². The summed E-state index contributed by atoms with van der Waals surface area (Å²) in [4.78, 5) is 21.0. The number of aromatic nitrogens is 2. The number of carbonyl (C=O) groups is 1. The van der Waals surface area contributed by atoms with E-state index in [2.05, 4.69) is 15.3 Å². The van der Waals surface area contributed by atoms with E-state index in [1.54, 1.807) is 30.6 Å². The van der Waals surface area contributed by atoms with Gasteiger partial charge in [-0.2, -0.15) is 0 Å². The van der Waals surface area contributed by atoms with Crippen LogP contribution in [0.2, 0.25) is 5.02 Å². The first-order valence-corrected chi connectivity index (χ1v) is 11.5. The molecule has 0 radical (unpaired) electrons. The number of nitrogens with two attached hydrogens (primary N) is 1. The summed E-state index contributed by atoms with van der Waals surface area (Å²) in [5, 5.41) is 4.69. The molecule has 0 saturated heterocycles. The third kappa shape index (κ3) is 4.58. The molecule has 0 aliphatic heterocycles. The van der Waals surface area contributed by atoms with Crippen LogP contribution in [0.5, 0.6) is 11.5 Å². The number of hydrogen-bond donors (Lipinski definition) is 3. The van der Waals surface area contributed by atoms with E-state index in [0.717, 1.165) is 36.8 Å². The monoisotopic (exact) mass is 460 g/mol. The molecular formula is C26H25ClN4O2. The van der Waals surface area contributed by atoms with Crippen molar-refractivity contribution in [3.63, 3.8) is 0 Å². The molecule has 2 heterocycles. The Balaban J connectivity index is 1.43. The van der Waals surface area contributed by atoms with Gasteiger partial charge in [0.05, 0.1) is 16.0 Å². The molecule has 2 aromatic heterocycles. The van der Waals surface area contributed by atoms with Gasteiger partial charge < -0.3 is 20.8 Å². The number of hydrogen-bond acceptors (Lipinski definition) is 5. The molecule has 4 aromatic rings. The van der Waals surface area contributed by atoms with E-state index in [-0.39, 0.29) is 17.9 Å². The molecule has 168 valence electrons. The summed E-state index contributed by atoms with van der Waals surface area (Å²) in [6.07, 6.45) is 7.55. The van der Waals surface area contributed by atoms with Crippen LogP contribution in [0.15, 0.2) is 67.0 Å². The Morgan fingerprint density at radius 1 is 1.09 bits per heavy atom. The van der Waals surface area contributed by atoms with Crippen LogP contribution in [0, 0.1) is 0 Å². The summed E-state index contributed by atoms with van der Waals surface area (Å²) >= 11 is 6.51. The van der Waals surface area contributed by atoms with Gasteiger partial charge in [-0.3, -0.25) is 4.79 Å². The van der Waals surface area contributed by atoms with Gasteiger partial charge in [0.15, 0.2) is 5.78 Å². The van der Waals surface area contributed by atoms with Crippen LogP contribution >= 0.6 is 11.6 Å². The van der Waals surface area contributed by atoms with Crippen molar-refractivity contribution in [2.24, 2.45) is 5.73 Å². The van der Waals surface area contributed by atoms with Crippen molar-refractivity contribution in [2.45, 2.75) is 37.8 Å². The van der Waals surface area contributed by atoms with Crippen LogP contribution in [0.1, 0.15) is 41.6 Å². The predicted molar refractivity (Wildman–Crippen MR) is 131 cm³/mol. The number of aromatic amines is 1. The molecule has 5 rings (SSSR count). The van der Waals surface area contributed by atoms with Gasteiger partial charge in [-0.15, -0.1) is 0 Å². The van der Waals surface area contributed by atoms with E-state index in [1.165, 1.54) is 0 Å². The van der Waals surface area contributed by atoms with Crippen molar-refractivity contribution in [1.29, 1.82) is 0 Å². The van der Waals surface area contributed by atoms with Crippen LogP contribution in [0.3, 0.4) is 0 Å². The Hall–Kier alpha value is -3.35. The maximum absolute atomic E-state index is 13.5. The lowest BCUT2D eigenvalue weighted by atomic mass is 9.91.